The highest BCUT2D eigenvalue weighted by Gasteiger charge is 2.18. The second-order valence-corrected chi connectivity index (χ2v) is 14.3. The number of benzene rings is 7. The molecule has 0 N–H and O–H groups in total. The quantitative estimate of drug-likeness (QED) is 0.175. The number of pyridine rings is 1. The Hall–Kier alpha value is -7.90. The van der Waals surface area contributed by atoms with Crippen LogP contribution in [0.25, 0.3) is 117 Å². The minimum atomic E-state index is 0.547. The third-order valence-corrected chi connectivity index (χ3v) is 10.9. The van der Waals surface area contributed by atoms with E-state index in [1.165, 1.54) is 10.8 Å². The molecule has 266 valence electrons. The van der Waals surface area contributed by atoms with Crippen molar-refractivity contribution in [1.82, 2.24) is 24.5 Å². The summed E-state index contributed by atoms with van der Waals surface area (Å²) in [7, 11) is 0. The van der Waals surface area contributed by atoms with Crippen LogP contribution < -0.4 is 0 Å². The first-order valence-corrected chi connectivity index (χ1v) is 18.9. The van der Waals surface area contributed by atoms with Gasteiger partial charge in [0.15, 0.2) is 17.5 Å². The first-order valence-electron chi connectivity index (χ1n) is 18.9. The van der Waals surface area contributed by atoms with Crippen molar-refractivity contribution in [2.24, 2.45) is 0 Å². The van der Waals surface area contributed by atoms with Gasteiger partial charge in [-0.2, -0.15) is 0 Å². The van der Waals surface area contributed by atoms with Crippen molar-refractivity contribution in [3.05, 3.63) is 176 Å². The van der Waals surface area contributed by atoms with Gasteiger partial charge in [-0.15, -0.1) is 0 Å². The van der Waals surface area contributed by atoms with E-state index in [2.05, 4.69) is 125 Å². The summed E-state index contributed by atoms with van der Waals surface area (Å²) in [6, 6.07) is 56.3. The van der Waals surface area contributed by atoms with Crippen LogP contribution in [0.5, 0.6) is 0 Å². The Balaban J connectivity index is 1.05. The Labute approximate surface area is 325 Å². The SMILES string of the molecule is c1cc(-c2nc(-c3cccc(-n4c5ccccc5c5ccccc54)c3)nc(-c3ccc4c(c3)oc3ccncc34)n2)cc(-c2cccc3oc4ccccc4c23)c1. The maximum Gasteiger partial charge on any atom is 0.164 e. The zero-order valence-corrected chi connectivity index (χ0v) is 30.3. The Bertz CT molecular complexity index is 3500. The molecule has 0 saturated carbocycles. The van der Waals surface area contributed by atoms with E-state index in [9.17, 15) is 0 Å². The molecule has 0 amide bonds. The molecule has 0 aliphatic carbocycles. The maximum atomic E-state index is 6.27. The molecule has 0 aliphatic heterocycles. The van der Waals surface area contributed by atoms with Crippen molar-refractivity contribution in [2.45, 2.75) is 0 Å². The summed E-state index contributed by atoms with van der Waals surface area (Å²) < 4.78 is 14.8. The Kier molecular flexibility index (Phi) is 6.79. The molecule has 0 radical (unpaired) electrons. The smallest absolute Gasteiger partial charge is 0.164 e. The van der Waals surface area contributed by atoms with Crippen LogP contribution in [0.3, 0.4) is 0 Å². The van der Waals surface area contributed by atoms with Gasteiger partial charge in [-0.25, -0.2) is 15.0 Å². The van der Waals surface area contributed by atoms with E-state index < -0.39 is 0 Å². The molecular weight excluding hydrogens is 703 g/mol. The zero-order chi connectivity index (χ0) is 37.5. The first-order chi connectivity index (χ1) is 28.2. The van der Waals surface area contributed by atoms with Gasteiger partial charge >= 0.3 is 0 Å². The van der Waals surface area contributed by atoms with Gasteiger partial charge in [0.1, 0.15) is 22.3 Å². The van der Waals surface area contributed by atoms with Crippen LogP contribution in [0.4, 0.5) is 0 Å². The molecule has 7 nitrogen and oxygen atoms in total. The van der Waals surface area contributed by atoms with Crippen LogP contribution in [0, 0.1) is 0 Å². The molecule has 7 aromatic carbocycles. The van der Waals surface area contributed by atoms with Crippen LogP contribution in [-0.2, 0) is 0 Å². The number of para-hydroxylation sites is 3. The van der Waals surface area contributed by atoms with Crippen molar-refractivity contribution < 1.29 is 8.83 Å². The van der Waals surface area contributed by atoms with Gasteiger partial charge in [0.25, 0.3) is 0 Å². The molecule has 5 heterocycles. The lowest BCUT2D eigenvalue weighted by atomic mass is 9.98. The van der Waals surface area contributed by atoms with Crippen LogP contribution >= 0.6 is 0 Å². The molecule has 12 aromatic rings. The number of aromatic nitrogens is 5. The summed E-state index contributed by atoms with van der Waals surface area (Å²) in [5.74, 6) is 1.68. The topological polar surface area (TPSA) is 82.8 Å². The van der Waals surface area contributed by atoms with Gasteiger partial charge in [0.05, 0.1) is 11.0 Å². The number of hydrogen-bond donors (Lipinski definition) is 0. The van der Waals surface area contributed by atoms with Gasteiger partial charge < -0.3 is 13.4 Å². The highest BCUT2D eigenvalue weighted by Crippen LogP contribution is 2.39. The van der Waals surface area contributed by atoms with Gasteiger partial charge in [-0.05, 0) is 71.8 Å². The lowest BCUT2D eigenvalue weighted by molar-refractivity contribution is 0.668. The predicted octanol–water partition coefficient (Wildman–Crippen LogP) is 12.8. The molecule has 5 aromatic heterocycles. The van der Waals surface area contributed by atoms with Crippen LogP contribution in [0.1, 0.15) is 0 Å². The van der Waals surface area contributed by atoms with Crippen LogP contribution in [0.15, 0.2) is 185 Å². The molecule has 0 spiro atoms. The molecule has 0 fully saturated rings. The molecule has 0 atom stereocenters. The number of fused-ring (bicyclic) bond motifs is 9. The summed E-state index contributed by atoms with van der Waals surface area (Å²) in [6.07, 6.45) is 3.58. The third kappa shape index (κ3) is 4.99. The van der Waals surface area contributed by atoms with Crippen molar-refractivity contribution in [3.8, 4) is 51.0 Å². The monoisotopic (exact) mass is 731 g/mol. The fraction of sp³-hybridized carbons (Fsp3) is 0. The second-order valence-electron chi connectivity index (χ2n) is 14.3. The molecular formula is C50H29N5O2. The molecule has 0 saturated heterocycles. The summed E-state index contributed by atoms with van der Waals surface area (Å²) in [5, 5.41) is 6.54. The van der Waals surface area contributed by atoms with Gasteiger partial charge in [0.2, 0.25) is 0 Å². The summed E-state index contributed by atoms with van der Waals surface area (Å²) in [5.41, 5.74) is 11.2. The standard InChI is InChI=1S/C50H29N5O2/c1-4-18-41-36(14-1)37-15-2-5-19-42(37)55(41)34-13-8-12-32(27-34)49-52-48(53-50(54-49)33-22-23-38-40-29-51-25-24-44(40)57-46(38)28-33)31-11-7-10-30(26-31)35-17-9-21-45-47(35)39-16-3-6-20-43(39)56-45/h1-29H. The van der Waals surface area contributed by atoms with E-state index in [-0.39, 0.29) is 0 Å². The lowest BCUT2D eigenvalue weighted by Gasteiger charge is -2.12. The van der Waals surface area contributed by atoms with E-state index in [1.54, 1.807) is 6.20 Å². The number of nitrogens with zero attached hydrogens (tertiary/aromatic N) is 5. The summed E-state index contributed by atoms with van der Waals surface area (Å²) >= 11 is 0. The van der Waals surface area contributed by atoms with Gasteiger partial charge in [-0.1, -0.05) is 103 Å². The first kappa shape index (κ1) is 31.5. The van der Waals surface area contributed by atoms with E-state index in [0.717, 1.165) is 88.4 Å². The fourth-order valence-electron chi connectivity index (χ4n) is 8.35. The van der Waals surface area contributed by atoms with Crippen molar-refractivity contribution in [3.63, 3.8) is 0 Å². The van der Waals surface area contributed by atoms with Crippen molar-refractivity contribution in [1.29, 1.82) is 0 Å². The summed E-state index contributed by atoms with van der Waals surface area (Å²) in [6.45, 7) is 0. The van der Waals surface area contributed by atoms with E-state index >= 15 is 0 Å². The molecule has 12 rings (SSSR count). The Morgan fingerprint density at radius 1 is 0.386 bits per heavy atom. The zero-order valence-electron chi connectivity index (χ0n) is 30.3. The van der Waals surface area contributed by atoms with Crippen LogP contribution in [0.2, 0.25) is 0 Å². The minimum Gasteiger partial charge on any atom is -0.456 e. The molecule has 7 heteroatoms. The fourth-order valence-corrected chi connectivity index (χ4v) is 8.35. The molecule has 0 unspecified atom stereocenters. The Morgan fingerprint density at radius 2 is 0.982 bits per heavy atom. The van der Waals surface area contributed by atoms with Crippen LogP contribution in [-0.4, -0.2) is 24.5 Å². The number of rotatable bonds is 5. The number of hydrogen-bond acceptors (Lipinski definition) is 6. The minimum absolute atomic E-state index is 0.547. The third-order valence-electron chi connectivity index (χ3n) is 10.9. The molecule has 0 bridgehead atoms. The average molecular weight is 732 g/mol. The Morgan fingerprint density at radius 3 is 1.77 bits per heavy atom. The average Bonchev–Trinajstić information content (AvgIpc) is 3.96. The largest absolute Gasteiger partial charge is 0.456 e. The highest BCUT2D eigenvalue weighted by molar-refractivity contribution is 6.13. The predicted molar refractivity (Wildman–Crippen MR) is 228 cm³/mol. The van der Waals surface area contributed by atoms with E-state index in [4.69, 9.17) is 23.8 Å². The number of furan rings is 2. The lowest BCUT2D eigenvalue weighted by Crippen LogP contribution is -2.01. The van der Waals surface area contributed by atoms with E-state index in [1.807, 2.05) is 54.7 Å². The molecule has 57 heavy (non-hydrogen) atoms. The molecule has 0 aliphatic rings. The highest BCUT2D eigenvalue weighted by atomic mass is 16.3. The second kappa shape index (κ2) is 12.3. The summed E-state index contributed by atoms with van der Waals surface area (Å²) in [4.78, 5) is 19.8. The maximum absolute atomic E-state index is 6.27. The van der Waals surface area contributed by atoms with Crippen molar-refractivity contribution in [2.75, 3.05) is 0 Å². The normalized spacial score (nSPS) is 11.9. The van der Waals surface area contributed by atoms with Crippen molar-refractivity contribution >= 4 is 65.7 Å². The van der Waals surface area contributed by atoms with Gasteiger partial charge in [-0.3, -0.25) is 4.98 Å². The van der Waals surface area contributed by atoms with Gasteiger partial charge in [0, 0.05) is 67.1 Å². The van der Waals surface area contributed by atoms with E-state index in [0.29, 0.717) is 17.5 Å².